The highest BCUT2D eigenvalue weighted by atomic mass is 79.9. The second kappa shape index (κ2) is 3.86. The van der Waals surface area contributed by atoms with Gasteiger partial charge in [-0.05, 0) is 28.9 Å². The van der Waals surface area contributed by atoms with Crippen LogP contribution in [0.15, 0.2) is 16.6 Å². The summed E-state index contributed by atoms with van der Waals surface area (Å²) in [5.41, 5.74) is 1.17. The number of nitrogens with zero attached hydrogens (tertiary/aromatic N) is 3. The predicted molar refractivity (Wildman–Crippen MR) is 57.0 cm³/mol. The topological polar surface area (TPSA) is 50.9 Å². The lowest BCUT2D eigenvalue weighted by Gasteiger charge is -2.08. The first-order valence-electron chi connectivity index (χ1n) is 4.44. The fraction of sp³-hybridized carbons (Fsp3) is 0.333. The summed E-state index contributed by atoms with van der Waals surface area (Å²) in [5, 5.41) is 16.8. The summed E-state index contributed by atoms with van der Waals surface area (Å²) in [6.45, 7) is 1.72. The monoisotopic (exact) mass is 273 g/mol. The van der Waals surface area contributed by atoms with Crippen LogP contribution < -0.4 is 0 Å². The number of halogens is 2. The molecule has 4 nitrogen and oxygen atoms in total. The molecule has 1 heterocycles. The largest absolute Gasteiger partial charge is 0.394 e. The third-order valence-corrected chi connectivity index (χ3v) is 2.78. The number of hydrogen-bond acceptors (Lipinski definition) is 3. The van der Waals surface area contributed by atoms with Crippen molar-refractivity contribution in [2.24, 2.45) is 0 Å². The molecule has 0 aliphatic rings. The zero-order valence-corrected chi connectivity index (χ0v) is 9.57. The first kappa shape index (κ1) is 10.5. The van der Waals surface area contributed by atoms with Crippen molar-refractivity contribution in [2.75, 3.05) is 6.61 Å². The maximum atomic E-state index is 13.2. The standard InChI is InChI=1S/C9H9BrFN3O/c1-5(4-15)14-8-3-6(11)2-7(10)9(8)12-13-14/h2-3,5,15H,4H2,1H3. The molecule has 1 unspecified atom stereocenters. The molecule has 0 aliphatic carbocycles. The van der Waals surface area contributed by atoms with Crippen LogP contribution in [0.4, 0.5) is 4.39 Å². The minimum Gasteiger partial charge on any atom is -0.394 e. The molecule has 0 aliphatic heterocycles. The molecule has 2 aromatic rings. The Morgan fingerprint density at radius 1 is 1.60 bits per heavy atom. The molecular weight excluding hydrogens is 265 g/mol. The van der Waals surface area contributed by atoms with Gasteiger partial charge in [-0.15, -0.1) is 5.10 Å². The van der Waals surface area contributed by atoms with E-state index in [2.05, 4.69) is 26.2 Å². The van der Waals surface area contributed by atoms with Gasteiger partial charge in [-0.1, -0.05) is 5.21 Å². The summed E-state index contributed by atoms with van der Waals surface area (Å²) in [6, 6.07) is 2.47. The Kier molecular flexibility index (Phi) is 2.70. The van der Waals surface area contributed by atoms with Crippen LogP contribution in [0.1, 0.15) is 13.0 Å². The smallest absolute Gasteiger partial charge is 0.127 e. The van der Waals surface area contributed by atoms with Crippen LogP contribution in [0.3, 0.4) is 0 Å². The number of aliphatic hydroxyl groups excluding tert-OH is 1. The molecular formula is C9H9BrFN3O. The van der Waals surface area contributed by atoms with Gasteiger partial charge in [0.25, 0.3) is 0 Å². The molecule has 2 rings (SSSR count). The Hall–Kier alpha value is -1.01. The highest BCUT2D eigenvalue weighted by molar-refractivity contribution is 9.10. The van der Waals surface area contributed by atoms with Gasteiger partial charge in [0.15, 0.2) is 0 Å². The number of benzene rings is 1. The van der Waals surface area contributed by atoms with Crippen LogP contribution in [0, 0.1) is 5.82 Å². The van der Waals surface area contributed by atoms with Gasteiger partial charge in [-0.2, -0.15) is 0 Å². The van der Waals surface area contributed by atoms with Crippen LogP contribution >= 0.6 is 15.9 Å². The lowest BCUT2D eigenvalue weighted by atomic mass is 10.3. The molecule has 6 heteroatoms. The van der Waals surface area contributed by atoms with Gasteiger partial charge >= 0.3 is 0 Å². The van der Waals surface area contributed by atoms with Crippen molar-refractivity contribution in [1.82, 2.24) is 15.0 Å². The number of fused-ring (bicyclic) bond motifs is 1. The van der Waals surface area contributed by atoms with E-state index in [0.29, 0.717) is 15.5 Å². The maximum Gasteiger partial charge on any atom is 0.127 e. The lowest BCUT2D eigenvalue weighted by molar-refractivity contribution is 0.231. The average Bonchev–Trinajstić information content (AvgIpc) is 2.60. The van der Waals surface area contributed by atoms with Crippen molar-refractivity contribution in [1.29, 1.82) is 0 Å². The van der Waals surface area contributed by atoms with E-state index in [-0.39, 0.29) is 18.5 Å². The summed E-state index contributed by atoms with van der Waals surface area (Å²) < 4.78 is 15.2. The Labute approximate surface area is 93.8 Å². The summed E-state index contributed by atoms with van der Waals surface area (Å²) >= 11 is 3.21. The minimum absolute atomic E-state index is 0.0629. The molecule has 1 N–H and O–H groups in total. The molecule has 0 radical (unpaired) electrons. The number of hydrogen-bond donors (Lipinski definition) is 1. The zero-order valence-electron chi connectivity index (χ0n) is 7.98. The van der Waals surface area contributed by atoms with Gasteiger partial charge in [0, 0.05) is 6.07 Å². The SMILES string of the molecule is CC(CO)n1nnc2c(Br)cc(F)cc21. The molecule has 0 saturated heterocycles. The van der Waals surface area contributed by atoms with Crippen LogP contribution in [-0.2, 0) is 0 Å². The maximum absolute atomic E-state index is 13.2. The van der Waals surface area contributed by atoms with Crippen LogP contribution in [0.2, 0.25) is 0 Å². The van der Waals surface area contributed by atoms with E-state index in [1.54, 1.807) is 6.92 Å². The quantitative estimate of drug-likeness (QED) is 0.909. The van der Waals surface area contributed by atoms with Crippen LogP contribution in [0.25, 0.3) is 11.0 Å². The van der Waals surface area contributed by atoms with Gasteiger partial charge in [-0.3, -0.25) is 0 Å². The van der Waals surface area contributed by atoms with Gasteiger partial charge < -0.3 is 5.11 Å². The third kappa shape index (κ3) is 1.74. The summed E-state index contributed by atoms with van der Waals surface area (Å²) in [4.78, 5) is 0. The van der Waals surface area contributed by atoms with Gasteiger partial charge in [0.1, 0.15) is 11.3 Å². The minimum atomic E-state index is -0.358. The van der Waals surface area contributed by atoms with E-state index in [9.17, 15) is 4.39 Å². The number of aliphatic hydroxyl groups is 1. The Morgan fingerprint density at radius 3 is 3.00 bits per heavy atom. The van der Waals surface area contributed by atoms with Crippen molar-refractivity contribution in [3.63, 3.8) is 0 Å². The summed E-state index contributed by atoms with van der Waals surface area (Å²) in [5.74, 6) is -0.358. The molecule has 0 saturated carbocycles. The third-order valence-electron chi connectivity index (χ3n) is 2.18. The highest BCUT2D eigenvalue weighted by Gasteiger charge is 2.13. The average molecular weight is 274 g/mol. The Bertz CT molecular complexity index is 499. The summed E-state index contributed by atoms with van der Waals surface area (Å²) in [6.07, 6.45) is 0. The lowest BCUT2D eigenvalue weighted by Crippen LogP contribution is -2.10. The van der Waals surface area contributed by atoms with E-state index in [1.807, 2.05) is 0 Å². The van der Waals surface area contributed by atoms with E-state index >= 15 is 0 Å². The van der Waals surface area contributed by atoms with Crippen LogP contribution in [0.5, 0.6) is 0 Å². The Balaban J connectivity index is 2.68. The number of rotatable bonds is 2. The van der Waals surface area contributed by atoms with Crippen molar-refractivity contribution >= 4 is 27.0 Å². The second-order valence-electron chi connectivity index (χ2n) is 3.32. The van der Waals surface area contributed by atoms with Crippen molar-refractivity contribution in [2.45, 2.75) is 13.0 Å². The molecule has 15 heavy (non-hydrogen) atoms. The fourth-order valence-corrected chi connectivity index (χ4v) is 1.87. The molecule has 0 bridgehead atoms. The van der Waals surface area contributed by atoms with Crippen molar-refractivity contribution in [3.8, 4) is 0 Å². The van der Waals surface area contributed by atoms with Crippen molar-refractivity contribution < 1.29 is 9.50 Å². The zero-order chi connectivity index (χ0) is 11.0. The first-order valence-corrected chi connectivity index (χ1v) is 5.23. The molecule has 0 spiro atoms. The van der Waals surface area contributed by atoms with E-state index in [1.165, 1.54) is 16.8 Å². The van der Waals surface area contributed by atoms with Crippen LogP contribution in [-0.4, -0.2) is 26.7 Å². The molecule has 0 fully saturated rings. The first-order chi connectivity index (χ1) is 7.13. The Morgan fingerprint density at radius 2 is 2.33 bits per heavy atom. The van der Waals surface area contributed by atoms with E-state index < -0.39 is 0 Å². The molecule has 80 valence electrons. The summed E-state index contributed by atoms with van der Waals surface area (Å²) in [7, 11) is 0. The van der Waals surface area contributed by atoms with E-state index in [4.69, 9.17) is 5.11 Å². The van der Waals surface area contributed by atoms with Gasteiger partial charge in [0.2, 0.25) is 0 Å². The predicted octanol–water partition coefficient (Wildman–Crippen LogP) is 1.89. The normalized spacial score (nSPS) is 13.3. The second-order valence-corrected chi connectivity index (χ2v) is 4.18. The molecule has 1 aromatic heterocycles. The van der Waals surface area contributed by atoms with Gasteiger partial charge in [0.05, 0.1) is 22.6 Å². The molecule has 1 atom stereocenters. The molecule has 0 amide bonds. The highest BCUT2D eigenvalue weighted by Crippen LogP contribution is 2.24. The van der Waals surface area contributed by atoms with Gasteiger partial charge in [-0.25, -0.2) is 9.07 Å². The van der Waals surface area contributed by atoms with E-state index in [0.717, 1.165) is 0 Å². The van der Waals surface area contributed by atoms with Crippen molar-refractivity contribution in [3.05, 3.63) is 22.4 Å². The number of aromatic nitrogens is 3. The molecule has 1 aromatic carbocycles. The fourth-order valence-electron chi connectivity index (χ4n) is 1.37.